The van der Waals surface area contributed by atoms with Crippen molar-refractivity contribution in [3.63, 3.8) is 0 Å². The normalized spacial score (nSPS) is 10.2. The lowest BCUT2D eigenvalue weighted by Crippen LogP contribution is -2.23. The summed E-state index contributed by atoms with van der Waals surface area (Å²) in [7, 11) is 0. The molecule has 20 heavy (non-hydrogen) atoms. The van der Waals surface area contributed by atoms with Crippen LogP contribution in [0.3, 0.4) is 0 Å². The number of nitrogens with zero attached hydrogens (tertiary/aromatic N) is 1. The third-order valence-electron chi connectivity index (χ3n) is 2.54. The van der Waals surface area contributed by atoms with Crippen LogP contribution < -0.4 is 10.6 Å². The monoisotopic (exact) mass is 293 g/mol. The molecule has 0 fully saturated rings. The molecule has 0 atom stereocenters. The quantitative estimate of drug-likeness (QED) is 0.909. The van der Waals surface area contributed by atoms with Gasteiger partial charge in [0.15, 0.2) is 0 Å². The topological polar surface area (TPSA) is 54.0 Å². The zero-order valence-electron chi connectivity index (χ0n) is 10.8. The highest BCUT2D eigenvalue weighted by atomic mass is 35.5. The lowest BCUT2D eigenvalue weighted by Gasteiger charge is -2.08. The molecule has 0 saturated heterocycles. The first-order valence-electron chi connectivity index (χ1n) is 6.06. The van der Waals surface area contributed by atoms with Gasteiger partial charge in [-0.3, -0.25) is 9.78 Å². The van der Waals surface area contributed by atoms with Crippen LogP contribution in [0.1, 0.15) is 17.4 Å². The standard InChI is InChI=1S/C14H13ClFN3O/c1-2-17-14(20)13-8-10(5-6-18-13)19-9-3-4-12(16)11(15)7-9/h3-8H,2H2,1H3,(H,17,20)(H,18,19). The highest BCUT2D eigenvalue weighted by Crippen LogP contribution is 2.22. The molecule has 1 aromatic heterocycles. The van der Waals surface area contributed by atoms with Crippen molar-refractivity contribution in [2.75, 3.05) is 11.9 Å². The van der Waals surface area contributed by atoms with Gasteiger partial charge in [-0.15, -0.1) is 0 Å². The summed E-state index contributed by atoms with van der Waals surface area (Å²) >= 11 is 5.71. The second-order valence-corrected chi connectivity index (χ2v) is 4.45. The zero-order chi connectivity index (χ0) is 14.5. The number of hydrogen-bond donors (Lipinski definition) is 2. The predicted molar refractivity (Wildman–Crippen MR) is 76.9 cm³/mol. The van der Waals surface area contributed by atoms with Crippen LogP contribution in [0.4, 0.5) is 15.8 Å². The molecule has 0 saturated carbocycles. The Morgan fingerprint density at radius 3 is 2.75 bits per heavy atom. The lowest BCUT2D eigenvalue weighted by molar-refractivity contribution is 0.0951. The first kappa shape index (κ1) is 14.3. The Kier molecular flexibility index (Phi) is 4.53. The summed E-state index contributed by atoms with van der Waals surface area (Å²) in [6, 6.07) is 7.63. The molecule has 0 unspecified atom stereocenters. The number of benzene rings is 1. The molecule has 4 nitrogen and oxygen atoms in total. The van der Waals surface area contributed by atoms with Crippen molar-refractivity contribution in [3.05, 3.63) is 53.1 Å². The number of anilines is 2. The van der Waals surface area contributed by atoms with Crippen molar-refractivity contribution < 1.29 is 9.18 Å². The second kappa shape index (κ2) is 6.34. The molecular formula is C14H13ClFN3O. The number of rotatable bonds is 4. The molecule has 2 N–H and O–H groups in total. The largest absolute Gasteiger partial charge is 0.355 e. The highest BCUT2D eigenvalue weighted by Gasteiger charge is 2.07. The van der Waals surface area contributed by atoms with E-state index in [1.165, 1.54) is 18.3 Å². The van der Waals surface area contributed by atoms with E-state index in [0.29, 0.717) is 23.6 Å². The maximum atomic E-state index is 13.1. The molecule has 0 bridgehead atoms. The summed E-state index contributed by atoms with van der Waals surface area (Å²) in [6.07, 6.45) is 1.53. The van der Waals surface area contributed by atoms with Crippen molar-refractivity contribution >= 4 is 28.9 Å². The average Bonchev–Trinajstić information content (AvgIpc) is 2.43. The Labute approximate surface area is 121 Å². The van der Waals surface area contributed by atoms with Gasteiger partial charge in [0.05, 0.1) is 5.02 Å². The van der Waals surface area contributed by atoms with Crippen LogP contribution in [0, 0.1) is 5.82 Å². The first-order chi connectivity index (χ1) is 9.60. The highest BCUT2D eigenvalue weighted by molar-refractivity contribution is 6.31. The molecule has 1 aromatic carbocycles. The van der Waals surface area contributed by atoms with Crippen LogP contribution in [-0.2, 0) is 0 Å². The Balaban J connectivity index is 2.19. The zero-order valence-corrected chi connectivity index (χ0v) is 11.5. The van der Waals surface area contributed by atoms with E-state index in [-0.39, 0.29) is 10.9 Å². The molecule has 1 amide bonds. The van der Waals surface area contributed by atoms with Crippen molar-refractivity contribution in [1.29, 1.82) is 0 Å². The van der Waals surface area contributed by atoms with Crippen molar-refractivity contribution in [2.24, 2.45) is 0 Å². The van der Waals surface area contributed by atoms with Crippen LogP contribution in [0.5, 0.6) is 0 Å². The number of halogens is 2. The van der Waals surface area contributed by atoms with Gasteiger partial charge in [-0.1, -0.05) is 11.6 Å². The number of carbonyl (C=O) groups is 1. The minimum atomic E-state index is -0.477. The number of amides is 1. The maximum Gasteiger partial charge on any atom is 0.269 e. The minimum absolute atomic E-state index is 0.0352. The molecule has 0 aliphatic carbocycles. The van der Waals surface area contributed by atoms with Crippen molar-refractivity contribution in [2.45, 2.75) is 6.92 Å². The molecule has 0 spiro atoms. The molecular weight excluding hydrogens is 281 g/mol. The molecule has 0 aliphatic rings. The molecule has 104 valence electrons. The number of carbonyl (C=O) groups excluding carboxylic acids is 1. The third-order valence-corrected chi connectivity index (χ3v) is 2.83. The summed E-state index contributed by atoms with van der Waals surface area (Å²) in [5, 5.41) is 5.74. The van der Waals surface area contributed by atoms with Gasteiger partial charge in [-0.05, 0) is 37.3 Å². The van der Waals surface area contributed by atoms with Gasteiger partial charge in [0, 0.05) is 24.1 Å². The summed E-state index contributed by atoms with van der Waals surface area (Å²) < 4.78 is 13.1. The van der Waals surface area contributed by atoms with E-state index in [9.17, 15) is 9.18 Å². The molecule has 0 radical (unpaired) electrons. The van der Waals surface area contributed by atoms with Gasteiger partial charge in [0.2, 0.25) is 0 Å². The Morgan fingerprint density at radius 1 is 1.30 bits per heavy atom. The Bertz CT molecular complexity index is 634. The van der Waals surface area contributed by atoms with Crippen molar-refractivity contribution in [1.82, 2.24) is 10.3 Å². The van der Waals surface area contributed by atoms with Crippen LogP contribution >= 0.6 is 11.6 Å². The summed E-state index contributed by atoms with van der Waals surface area (Å²) in [5.41, 5.74) is 1.61. The Hall–Kier alpha value is -2.14. The van der Waals surface area contributed by atoms with E-state index < -0.39 is 5.82 Å². The van der Waals surface area contributed by atoms with Crippen LogP contribution in [-0.4, -0.2) is 17.4 Å². The molecule has 2 rings (SSSR count). The number of nitrogens with one attached hydrogen (secondary N) is 2. The van der Waals surface area contributed by atoms with Crippen LogP contribution in [0.15, 0.2) is 36.5 Å². The third kappa shape index (κ3) is 3.45. The lowest BCUT2D eigenvalue weighted by atomic mass is 10.2. The molecule has 1 heterocycles. The van der Waals surface area contributed by atoms with Gasteiger partial charge in [-0.25, -0.2) is 4.39 Å². The predicted octanol–water partition coefficient (Wildman–Crippen LogP) is 3.37. The number of aromatic nitrogens is 1. The average molecular weight is 294 g/mol. The van der Waals surface area contributed by atoms with Gasteiger partial charge < -0.3 is 10.6 Å². The number of hydrogen-bond acceptors (Lipinski definition) is 3. The van der Waals surface area contributed by atoms with E-state index in [1.54, 1.807) is 18.2 Å². The van der Waals surface area contributed by atoms with E-state index in [4.69, 9.17) is 11.6 Å². The van der Waals surface area contributed by atoms with E-state index >= 15 is 0 Å². The fraction of sp³-hybridized carbons (Fsp3) is 0.143. The summed E-state index contributed by atoms with van der Waals surface area (Å²) in [6.45, 7) is 2.37. The maximum absolute atomic E-state index is 13.1. The molecule has 2 aromatic rings. The van der Waals surface area contributed by atoms with Gasteiger partial charge >= 0.3 is 0 Å². The Morgan fingerprint density at radius 2 is 2.05 bits per heavy atom. The van der Waals surface area contributed by atoms with Gasteiger partial charge in [0.1, 0.15) is 11.5 Å². The van der Waals surface area contributed by atoms with E-state index in [1.807, 2.05) is 6.92 Å². The fourth-order valence-corrected chi connectivity index (χ4v) is 1.80. The van der Waals surface area contributed by atoms with E-state index in [2.05, 4.69) is 15.6 Å². The smallest absolute Gasteiger partial charge is 0.269 e. The summed E-state index contributed by atoms with van der Waals surface area (Å²) in [5.74, 6) is -0.719. The van der Waals surface area contributed by atoms with Gasteiger partial charge in [0.25, 0.3) is 5.91 Å². The SMILES string of the molecule is CCNC(=O)c1cc(Nc2ccc(F)c(Cl)c2)ccn1. The van der Waals surface area contributed by atoms with Crippen LogP contribution in [0.2, 0.25) is 5.02 Å². The minimum Gasteiger partial charge on any atom is -0.355 e. The van der Waals surface area contributed by atoms with Crippen LogP contribution in [0.25, 0.3) is 0 Å². The summed E-state index contributed by atoms with van der Waals surface area (Å²) in [4.78, 5) is 15.7. The molecule has 6 heteroatoms. The second-order valence-electron chi connectivity index (χ2n) is 4.04. The van der Waals surface area contributed by atoms with Gasteiger partial charge in [-0.2, -0.15) is 0 Å². The fourth-order valence-electron chi connectivity index (χ4n) is 1.62. The van der Waals surface area contributed by atoms with Crippen molar-refractivity contribution in [3.8, 4) is 0 Å². The van der Waals surface area contributed by atoms with E-state index in [0.717, 1.165) is 0 Å². The first-order valence-corrected chi connectivity index (χ1v) is 6.44. The number of pyridine rings is 1. The molecule has 0 aliphatic heterocycles.